The third kappa shape index (κ3) is 6.57. The molecule has 0 saturated heterocycles. The normalized spacial score (nSPS) is 14.9. The van der Waals surface area contributed by atoms with Crippen LogP contribution in [0.15, 0.2) is 213 Å². The second-order valence-corrected chi connectivity index (χ2v) is 16.8. The first-order valence-corrected chi connectivity index (χ1v) is 21.2. The average molecular weight is 801 g/mol. The van der Waals surface area contributed by atoms with Crippen LogP contribution in [0.4, 0.5) is 17.1 Å². The summed E-state index contributed by atoms with van der Waals surface area (Å²) in [6.07, 6.45) is 9.53. The summed E-state index contributed by atoms with van der Waals surface area (Å²) in [5.41, 5.74) is 14.6. The second-order valence-electron chi connectivity index (χ2n) is 16.8. The first-order valence-electron chi connectivity index (χ1n) is 21.2. The molecule has 0 spiro atoms. The Kier molecular flexibility index (Phi) is 9.01. The maximum Gasteiger partial charge on any atom is 0.172 e. The van der Waals surface area contributed by atoms with Gasteiger partial charge in [0.05, 0.1) is 11.0 Å². The number of hydrogen-bond donors (Lipinski definition) is 0. The SMILES string of the molecule is C=C1/C=C\C=C/CC(C)(C)c2cc(N(c3ccc(-c4ccccc4)cc3)c3ccc(-c4ccc(-n5c6ccccc6c6cc7c(cc65)Oc5ccccc5O7)cc4)cc3)ccc21. The van der Waals surface area contributed by atoms with Crippen molar-refractivity contribution in [2.45, 2.75) is 25.7 Å². The van der Waals surface area contributed by atoms with Gasteiger partial charge in [-0.05, 0) is 124 Å². The molecule has 1 aromatic heterocycles. The number of allylic oxidation sites excluding steroid dienone is 5. The van der Waals surface area contributed by atoms with E-state index in [0.717, 1.165) is 84.9 Å². The number of anilines is 3. The molecular formula is C58H44N2O2. The molecule has 0 unspecified atom stereocenters. The molecule has 11 rings (SSSR count). The molecule has 0 N–H and O–H groups in total. The first-order chi connectivity index (χ1) is 30.4. The van der Waals surface area contributed by atoms with Gasteiger partial charge in [-0.1, -0.05) is 148 Å². The minimum absolute atomic E-state index is 0.0945. The Morgan fingerprint density at radius 3 is 1.74 bits per heavy atom. The lowest BCUT2D eigenvalue weighted by molar-refractivity contribution is 0.360. The lowest BCUT2D eigenvalue weighted by Gasteiger charge is -2.31. The van der Waals surface area contributed by atoms with Crippen molar-refractivity contribution in [3.05, 3.63) is 224 Å². The fraction of sp³-hybridized carbons (Fsp3) is 0.0690. The molecule has 4 heteroatoms. The highest BCUT2D eigenvalue weighted by atomic mass is 16.6. The van der Waals surface area contributed by atoms with E-state index >= 15 is 0 Å². The maximum atomic E-state index is 6.36. The van der Waals surface area contributed by atoms with E-state index in [-0.39, 0.29) is 5.41 Å². The molecule has 62 heavy (non-hydrogen) atoms. The lowest BCUT2D eigenvalue weighted by atomic mass is 9.77. The molecule has 0 saturated carbocycles. The predicted octanol–water partition coefficient (Wildman–Crippen LogP) is 16.3. The summed E-state index contributed by atoms with van der Waals surface area (Å²) in [4.78, 5) is 2.37. The van der Waals surface area contributed by atoms with E-state index < -0.39 is 0 Å². The molecule has 0 bridgehead atoms. The molecule has 4 nitrogen and oxygen atoms in total. The molecule has 0 fully saturated rings. The van der Waals surface area contributed by atoms with Crippen LogP contribution < -0.4 is 14.4 Å². The second kappa shape index (κ2) is 15.0. The van der Waals surface area contributed by atoms with Crippen LogP contribution >= 0.6 is 0 Å². The van der Waals surface area contributed by atoms with Gasteiger partial charge in [0.25, 0.3) is 0 Å². The summed E-state index contributed by atoms with van der Waals surface area (Å²) in [6, 6.07) is 64.7. The molecule has 0 amide bonds. The lowest BCUT2D eigenvalue weighted by Crippen LogP contribution is -2.19. The van der Waals surface area contributed by atoms with E-state index in [1.165, 1.54) is 22.3 Å². The fourth-order valence-electron chi connectivity index (χ4n) is 9.08. The Morgan fingerprint density at radius 2 is 1.06 bits per heavy atom. The van der Waals surface area contributed by atoms with E-state index in [0.29, 0.717) is 5.75 Å². The molecule has 298 valence electrons. The Morgan fingerprint density at radius 1 is 0.500 bits per heavy atom. The van der Waals surface area contributed by atoms with E-state index in [1.807, 2.05) is 24.3 Å². The summed E-state index contributed by atoms with van der Waals surface area (Å²) in [5, 5.41) is 2.28. The minimum Gasteiger partial charge on any atom is -0.449 e. The van der Waals surface area contributed by atoms with Crippen molar-refractivity contribution in [2.75, 3.05) is 4.90 Å². The summed E-state index contributed by atoms with van der Waals surface area (Å²) in [5.74, 6) is 2.87. The Balaban J connectivity index is 0.956. The first kappa shape index (κ1) is 37.2. The van der Waals surface area contributed by atoms with Gasteiger partial charge >= 0.3 is 0 Å². The molecular weight excluding hydrogens is 757 g/mol. The van der Waals surface area contributed by atoms with E-state index in [9.17, 15) is 0 Å². The van der Waals surface area contributed by atoms with E-state index in [2.05, 4.69) is 212 Å². The fourth-order valence-corrected chi connectivity index (χ4v) is 9.08. The molecule has 8 aromatic carbocycles. The quantitative estimate of drug-likeness (QED) is 0.168. The topological polar surface area (TPSA) is 26.6 Å². The van der Waals surface area contributed by atoms with Gasteiger partial charge in [-0.25, -0.2) is 0 Å². The van der Waals surface area contributed by atoms with Gasteiger partial charge < -0.3 is 18.9 Å². The van der Waals surface area contributed by atoms with Crippen LogP contribution in [0.1, 0.15) is 31.4 Å². The number of aromatic nitrogens is 1. The van der Waals surface area contributed by atoms with Crippen molar-refractivity contribution >= 4 is 44.4 Å². The van der Waals surface area contributed by atoms with Crippen molar-refractivity contribution in [3.63, 3.8) is 0 Å². The number of para-hydroxylation sites is 3. The maximum absolute atomic E-state index is 6.36. The smallest absolute Gasteiger partial charge is 0.172 e. The largest absolute Gasteiger partial charge is 0.449 e. The molecule has 1 aliphatic heterocycles. The van der Waals surface area contributed by atoms with Crippen LogP contribution in [0.3, 0.4) is 0 Å². The van der Waals surface area contributed by atoms with Crippen LogP contribution in [0.5, 0.6) is 23.0 Å². The number of benzene rings is 8. The predicted molar refractivity (Wildman–Crippen MR) is 258 cm³/mol. The number of hydrogen-bond acceptors (Lipinski definition) is 3. The zero-order valence-electron chi connectivity index (χ0n) is 34.8. The molecule has 2 heterocycles. The van der Waals surface area contributed by atoms with E-state index in [1.54, 1.807) is 0 Å². The zero-order chi connectivity index (χ0) is 41.8. The van der Waals surface area contributed by atoms with Crippen LogP contribution in [0.25, 0.3) is 55.3 Å². The Hall–Kier alpha value is -7.82. The third-order valence-corrected chi connectivity index (χ3v) is 12.4. The van der Waals surface area contributed by atoms with Gasteiger partial charge in [-0.15, -0.1) is 0 Å². The van der Waals surface area contributed by atoms with Crippen LogP contribution in [0, 0.1) is 0 Å². The van der Waals surface area contributed by atoms with Gasteiger partial charge in [0, 0.05) is 39.6 Å². The number of rotatable bonds is 6. The third-order valence-electron chi connectivity index (χ3n) is 12.4. The van der Waals surface area contributed by atoms with Gasteiger partial charge in [0.15, 0.2) is 23.0 Å². The van der Waals surface area contributed by atoms with Crippen LogP contribution in [0.2, 0.25) is 0 Å². The molecule has 9 aromatic rings. The summed E-state index contributed by atoms with van der Waals surface area (Å²) >= 11 is 0. The Labute approximate surface area is 362 Å². The van der Waals surface area contributed by atoms with Gasteiger partial charge in [0.1, 0.15) is 0 Å². The van der Waals surface area contributed by atoms with Crippen molar-refractivity contribution in [1.29, 1.82) is 0 Å². The standard InChI is InChI=1S/C58H44N2O2/c1-39-14-6-5-13-35-58(2,3)51-36-47(33-34-48(39)51)59(44-27-21-41(22-28-44)40-15-7-4-8-16-40)45-29-23-42(24-30-45)43-25-31-46(32-26-43)60-52-18-10-9-17-49(52)50-37-56-57(38-53(50)60)62-55-20-12-11-19-54(55)61-56/h4-34,36-38H,1,35H2,2-3H3/b13-5-,14-6-. The highest BCUT2D eigenvalue weighted by molar-refractivity contribution is 6.10. The molecule has 0 atom stereocenters. The van der Waals surface area contributed by atoms with Crippen molar-refractivity contribution in [1.82, 2.24) is 4.57 Å². The average Bonchev–Trinajstić information content (AvgIpc) is 3.65. The van der Waals surface area contributed by atoms with Crippen LogP contribution in [-0.4, -0.2) is 4.57 Å². The highest BCUT2D eigenvalue weighted by Gasteiger charge is 2.26. The zero-order valence-corrected chi connectivity index (χ0v) is 34.8. The molecule has 2 aliphatic rings. The van der Waals surface area contributed by atoms with Crippen molar-refractivity contribution < 1.29 is 9.47 Å². The van der Waals surface area contributed by atoms with Gasteiger partial charge in [0.2, 0.25) is 0 Å². The Bertz CT molecular complexity index is 3220. The van der Waals surface area contributed by atoms with Crippen LogP contribution in [-0.2, 0) is 5.41 Å². The molecule has 1 aliphatic carbocycles. The van der Waals surface area contributed by atoms with E-state index in [4.69, 9.17) is 9.47 Å². The number of ether oxygens (including phenoxy) is 2. The minimum atomic E-state index is -0.0945. The van der Waals surface area contributed by atoms with Gasteiger partial charge in [-0.3, -0.25) is 0 Å². The highest BCUT2D eigenvalue weighted by Crippen LogP contribution is 2.49. The summed E-state index contributed by atoms with van der Waals surface area (Å²) in [6.45, 7) is 9.11. The summed E-state index contributed by atoms with van der Waals surface area (Å²) in [7, 11) is 0. The number of nitrogens with zero attached hydrogens (tertiary/aromatic N) is 2. The number of fused-ring (bicyclic) bond motifs is 6. The van der Waals surface area contributed by atoms with Crippen molar-refractivity contribution in [3.8, 4) is 50.9 Å². The van der Waals surface area contributed by atoms with Gasteiger partial charge in [-0.2, -0.15) is 0 Å². The summed E-state index contributed by atoms with van der Waals surface area (Å²) < 4.78 is 15.0. The monoisotopic (exact) mass is 800 g/mol. The van der Waals surface area contributed by atoms with Crippen molar-refractivity contribution in [2.24, 2.45) is 0 Å². The molecule has 0 radical (unpaired) electrons.